The van der Waals surface area contributed by atoms with Crippen molar-refractivity contribution in [3.05, 3.63) is 35.2 Å². The molecule has 0 amide bonds. The van der Waals surface area contributed by atoms with Crippen LogP contribution in [0, 0.1) is 0 Å². The molecule has 5 heteroatoms. The van der Waals surface area contributed by atoms with E-state index >= 15 is 0 Å². The number of hydrogen-bond donors (Lipinski definition) is 1. The topological polar surface area (TPSA) is 53.4 Å². The van der Waals surface area contributed by atoms with Crippen molar-refractivity contribution in [3.8, 4) is 11.3 Å². The number of carbonyl (C=O) groups is 1. The lowest BCUT2D eigenvalue weighted by Gasteiger charge is -2.25. The summed E-state index contributed by atoms with van der Waals surface area (Å²) in [5, 5.41) is 10.1. The lowest BCUT2D eigenvalue weighted by molar-refractivity contribution is -0.136. The molecule has 1 fully saturated rings. The largest absolute Gasteiger partial charge is 0.481 e. The zero-order valence-electron chi connectivity index (χ0n) is 11.8. The van der Waals surface area contributed by atoms with Gasteiger partial charge in [0, 0.05) is 23.5 Å². The average molecular weight is 302 g/mol. The zero-order valence-corrected chi connectivity index (χ0v) is 12.6. The summed E-state index contributed by atoms with van der Waals surface area (Å²) in [5.74, 6) is -0.805. The first-order valence-electron chi connectivity index (χ1n) is 7.26. The van der Waals surface area contributed by atoms with E-state index in [1.165, 1.54) is 30.6 Å². The summed E-state index contributed by atoms with van der Waals surface area (Å²) in [7, 11) is 0. The molecular formula is C16H18N2O2S. The Morgan fingerprint density at radius 1 is 1.19 bits per heavy atom. The summed E-state index contributed by atoms with van der Waals surface area (Å²) in [6, 6.07) is 9.85. The van der Waals surface area contributed by atoms with Crippen molar-refractivity contribution >= 4 is 22.4 Å². The van der Waals surface area contributed by atoms with Crippen LogP contribution in [0.1, 0.15) is 24.1 Å². The molecule has 1 N–H and O–H groups in total. The third-order valence-corrected chi connectivity index (χ3v) is 4.79. The standard InChI is InChI=1S/C16H18N2O2S/c19-14(20)11-13-15(12-7-3-1-4-8-12)17-16(21-13)18-9-5-2-6-10-18/h1,3-4,7-8H,2,5-6,9-11H2,(H,19,20). The Morgan fingerprint density at radius 2 is 1.90 bits per heavy atom. The minimum atomic E-state index is -0.805. The molecule has 1 aliphatic rings. The molecule has 1 aromatic heterocycles. The van der Waals surface area contributed by atoms with Gasteiger partial charge in [-0.25, -0.2) is 4.98 Å². The van der Waals surface area contributed by atoms with Crippen LogP contribution in [0.3, 0.4) is 0 Å². The Morgan fingerprint density at radius 3 is 2.57 bits per heavy atom. The second kappa shape index (κ2) is 6.26. The molecule has 1 aromatic carbocycles. The number of aromatic nitrogens is 1. The molecule has 0 radical (unpaired) electrons. The van der Waals surface area contributed by atoms with Gasteiger partial charge in [0.15, 0.2) is 5.13 Å². The van der Waals surface area contributed by atoms with Crippen molar-refractivity contribution in [2.75, 3.05) is 18.0 Å². The average Bonchev–Trinajstić information content (AvgIpc) is 2.92. The normalized spacial score (nSPS) is 15.1. The molecule has 2 aromatic rings. The Bertz CT molecular complexity index is 618. The third-order valence-electron chi connectivity index (χ3n) is 3.67. The number of rotatable bonds is 4. The minimum Gasteiger partial charge on any atom is -0.481 e. The molecular weight excluding hydrogens is 284 g/mol. The van der Waals surface area contributed by atoms with Crippen LogP contribution >= 0.6 is 11.3 Å². The maximum atomic E-state index is 11.1. The quantitative estimate of drug-likeness (QED) is 0.940. The molecule has 2 heterocycles. The number of aliphatic carboxylic acids is 1. The highest BCUT2D eigenvalue weighted by molar-refractivity contribution is 7.16. The molecule has 0 atom stereocenters. The van der Waals surface area contributed by atoms with Gasteiger partial charge in [0.2, 0.25) is 0 Å². The first kappa shape index (κ1) is 14.1. The maximum Gasteiger partial charge on any atom is 0.308 e. The summed E-state index contributed by atoms with van der Waals surface area (Å²) in [4.78, 5) is 19.0. The number of thiazole rings is 1. The molecule has 21 heavy (non-hydrogen) atoms. The monoisotopic (exact) mass is 302 g/mol. The summed E-state index contributed by atoms with van der Waals surface area (Å²) >= 11 is 1.52. The van der Waals surface area contributed by atoms with Gasteiger partial charge in [-0.3, -0.25) is 4.79 Å². The molecule has 4 nitrogen and oxygen atoms in total. The second-order valence-corrected chi connectivity index (χ2v) is 6.31. The molecule has 3 rings (SSSR count). The number of carboxylic acid groups (broad SMARTS) is 1. The highest BCUT2D eigenvalue weighted by Gasteiger charge is 2.20. The van der Waals surface area contributed by atoms with Crippen LogP contribution in [0.25, 0.3) is 11.3 Å². The smallest absolute Gasteiger partial charge is 0.308 e. The molecule has 1 saturated heterocycles. The maximum absolute atomic E-state index is 11.1. The number of anilines is 1. The minimum absolute atomic E-state index is 0.0374. The molecule has 0 aliphatic carbocycles. The lowest BCUT2D eigenvalue weighted by Crippen LogP contribution is -2.29. The van der Waals surface area contributed by atoms with E-state index < -0.39 is 5.97 Å². The molecule has 0 unspecified atom stereocenters. The Labute approximate surface area is 128 Å². The van der Waals surface area contributed by atoms with Gasteiger partial charge in [-0.15, -0.1) is 11.3 Å². The highest BCUT2D eigenvalue weighted by Crippen LogP contribution is 2.34. The number of benzene rings is 1. The van der Waals surface area contributed by atoms with Crippen molar-refractivity contribution in [1.82, 2.24) is 4.98 Å². The van der Waals surface area contributed by atoms with Gasteiger partial charge in [-0.05, 0) is 19.3 Å². The van der Waals surface area contributed by atoms with Crippen molar-refractivity contribution in [2.45, 2.75) is 25.7 Å². The zero-order chi connectivity index (χ0) is 14.7. The van der Waals surface area contributed by atoms with Crippen molar-refractivity contribution in [2.24, 2.45) is 0 Å². The number of nitrogens with zero attached hydrogens (tertiary/aromatic N) is 2. The summed E-state index contributed by atoms with van der Waals surface area (Å²) in [6.45, 7) is 2.04. The van der Waals surface area contributed by atoms with E-state index in [-0.39, 0.29) is 6.42 Å². The van der Waals surface area contributed by atoms with Crippen LogP contribution in [0.4, 0.5) is 5.13 Å². The Kier molecular flexibility index (Phi) is 4.20. The molecule has 110 valence electrons. The van der Waals surface area contributed by atoms with E-state index in [0.29, 0.717) is 0 Å². The first-order valence-corrected chi connectivity index (χ1v) is 8.07. The van der Waals surface area contributed by atoms with Crippen LogP contribution < -0.4 is 4.90 Å². The summed E-state index contributed by atoms with van der Waals surface area (Å²) in [5.41, 5.74) is 1.82. The van der Waals surface area contributed by atoms with Crippen molar-refractivity contribution in [1.29, 1.82) is 0 Å². The van der Waals surface area contributed by atoms with Gasteiger partial charge in [0.1, 0.15) is 0 Å². The lowest BCUT2D eigenvalue weighted by atomic mass is 10.1. The van der Waals surface area contributed by atoms with Crippen LogP contribution in [0.2, 0.25) is 0 Å². The predicted octanol–water partition coefficient (Wildman–Crippen LogP) is 3.43. The van der Waals surface area contributed by atoms with Crippen LogP contribution in [0.15, 0.2) is 30.3 Å². The van der Waals surface area contributed by atoms with Gasteiger partial charge in [-0.1, -0.05) is 30.3 Å². The van der Waals surface area contributed by atoms with Crippen LogP contribution in [0.5, 0.6) is 0 Å². The van der Waals surface area contributed by atoms with E-state index in [2.05, 4.69) is 4.90 Å². The van der Waals surface area contributed by atoms with E-state index in [1.54, 1.807) is 0 Å². The van der Waals surface area contributed by atoms with E-state index in [4.69, 9.17) is 10.1 Å². The summed E-state index contributed by atoms with van der Waals surface area (Å²) < 4.78 is 0. The summed E-state index contributed by atoms with van der Waals surface area (Å²) in [6.07, 6.45) is 3.69. The SMILES string of the molecule is O=C(O)Cc1sc(N2CCCCC2)nc1-c1ccccc1. The van der Waals surface area contributed by atoms with Gasteiger partial charge in [0.05, 0.1) is 12.1 Å². The molecule has 0 saturated carbocycles. The number of piperidine rings is 1. The van der Waals surface area contributed by atoms with Gasteiger partial charge in [-0.2, -0.15) is 0 Å². The van der Waals surface area contributed by atoms with Crippen molar-refractivity contribution in [3.63, 3.8) is 0 Å². The first-order chi connectivity index (χ1) is 10.2. The Balaban J connectivity index is 1.96. The fourth-order valence-electron chi connectivity index (χ4n) is 2.64. The molecule has 0 bridgehead atoms. The van der Waals surface area contributed by atoms with Gasteiger partial charge >= 0.3 is 5.97 Å². The fraction of sp³-hybridized carbons (Fsp3) is 0.375. The molecule has 1 aliphatic heterocycles. The van der Waals surface area contributed by atoms with Crippen LogP contribution in [-0.4, -0.2) is 29.1 Å². The predicted molar refractivity (Wildman–Crippen MR) is 85.0 cm³/mol. The molecule has 0 spiro atoms. The van der Waals surface area contributed by atoms with E-state index in [0.717, 1.165) is 34.4 Å². The third kappa shape index (κ3) is 3.24. The van der Waals surface area contributed by atoms with Crippen LogP contribution in [-0.2, 0) is 11.2 Å². The van der Waals surface area contributed by atoms with Gasteiger partial charge in [0.25, 0.3) is 0 Å². The van der Waals surface area contributed by atoms with Crippen molar-refractivity contribution < 1.29 is 9.90 Å². The number of carboxylic acids is 1. The van der Waals surface area contributed by atoms with E-state index in [1.807, 2.05) is 30.3 Å². The fourth-order valence-corrected chi connectivity index (χ4v) is 3.76. The van der Waals surface area contributed by atoms with E-state index in [9.17, 15) is 4.79 Å². The highest BCUT2D eigenvalue weighted by atomic mass is 32.1. The van der Waals surface area contributed by atoms with Gasteiger partial charge < -0.3 is 10.0 Å². The number of hydrogen-bond acceptors (Lipinski definition) is 4. The Hall–Kier alpha value is -1.88. The second-order valence-electron chi connectivity index (χ2n) is 5.25.